The molecule has 0 atom stereocenters. The summed E-state index contributed by atoms with van der Waals surface area (Å²) in [7, 11) is 0. The molecule has 426 valence electrons. The van der Waals surface area contributed by atoms with Crippen LogP contribution in [-0.2, 0) is 6.42 Å². The first-order chi connectivity index (χ1) is 44.4. The number of aryl methyl sites for hydroxylation is 1. The van der Waals surface area contributed by atoms with Gasteiger partial charge in [0.1, 0.15) is 22.5 Å². The zero-order valence-electron chi connectivity index (χ0n) is 48.4. The predicted octanol–water partition coefficient (Wildman–Crippen LogP) is 21.9. The summed E-state index contributed by atoms with van der Waals surface area (Å²) < 4.78 is 29.6. The van der Waals surface area contributed by atoms with E-state index in [9.17, 15) is 0 Å². The van der Waals surface area contributed by atoms with E-state index < -0.39 is 20.4 Å². The normalized spacial score (nSPS) is 12.4. The van der Waals surface area contributed by atoms with Crippen LogP contribution in [0.15, 0.2) is 297 Å². The van der Waals surface area contributed by atoms with Gasteiger partial charge in [0.2, 0.25) is 0 Å². The Hall–Kier alpha value is -10.0. The molecule has 0 amide bonds. The van der Waals surface area contributed by atoms with Crippen LogP contribution in [0.5, 0.6) is 0 Å². The minimum atomic E-state index is -0.754. The van der Waals surface area contributed by atoms with Crippen LogP contribution < -0.4 is 13.4 Å². The molecule has 0 radical (unpaired) electrons. The number of anilines is 6. The van der Waals surface area contributed by atoms with E-state index >= 15 is 0 Å². The van der Waals surface area contributed by atoms with Crippen molar-refractivity contribution in [3.8, 4) is 56.4 Å². The van der Waals surface area contributed by atoms with Crippen molar-refractivity contribution < 1.29 is 17.7 Å². The molecule has 18 rings (SSSR count). The second-order valence-electron chi connectivity index (χ2n) is 23.3. The van der Waals surface area contributed by atoms with Crippen molar-refractivity contribution in [2.45, 2.75) is 12.8 Å². The number of benzene rings is 12. The Balaban J connectivity index is 0.688. The first-order valence-corrected chi connectivity index (χ1v) is 33.9. The number of furan rings is 4. The van der Waals surface area contributed by atoms with Crippen molar-refractivity contribution in [3.63, 3.8) is 0 Å². The van der Waals surface area contributed by atoms with Crippen molar-refractivity contribution in [2.75, 3.05) is 9.80 Å². The molecule has 1 aliphatic rings. The average molecular weight is 1380 g/mol. The molecular formula is C82H52N2O4Te2. The van der Waals surface area contributed by atoms with Crippen molar-refractivity contribution in [2.24, 2.45) is 0 Å². The summed E-state index contributed by atoms with van der Waals surface area (Å²) >= 11 is 1.02. The Morgan fingerprint density at radius 1 is 0.322 bits per heavy atom. The van der Waals surface area contributed by atoms with E-state index in [0.717, 1.165) is 152 Å². The van der Waals surface area contributed by atoms with Gasteiger partial charge in [-0.2, -0.15) is 0 Å². The molecule has 17 aromatic rings. The molecule has 0 saturated carbocycles. The zero-order valence-corrected chi connectivity index (χ0v) is 53.3. The molecule has 0 bridgehead atoms. The number of rotatable bonds is 11. The van der Waals surface area contributed by atoms with Gasteiger partial charge in [0.15, 0.2) is 0 Å². The molecule has 5 heterocycles. The van der Waals surface area contributed by atoms with Gasteiger partial charge in [0.25, 0.3) is 0 Å². The topological polar surface area (TPSA) is 59.0 Å². The quantitative estimate of drug-likeness (QED) is 0.120. The number of para-hydroxylation sites is 3. The molecule has 0 unspecified atom stereocenters. The van der Waals surface area contributed by atoms with E-state index in [-0.39, 0.29) is 0 Å². The molecule has 0 N–H and O–H groups in total. The summed E-state index contributed by atoms with van der Waals surface area (Å²) in [5.41, 5.74) is 17.1. The Kier molecular flexibility index (Phi) is 12.8. The molecular weight excluding hydrogens is 1330 g/mol. The molecule has 90 heavy (non-hydrogen) atoms. The number of allylic oxidation sites excluding steroid dienone is 1. The average Bonchev–Trinajstić information content (AvgIpc) is 1.62. The van der Waals surface area contributed by atoms with E-state index in [1.165, 1.54) is 37.9 Å². The van der Waals surface area contributed by atoms with E-state index in [4.69, 9.17) is 17.7 Å². The predicted molar refractivity (Wildman–Crippen MR) is 376 cm³/mol. The van der Waals surface area contributed by atoms with Crippen molar-refractivity contribution in [1.29, 1.82) is 0 Å². The van der Waals surface area contributed by atoms with Crippen LogP contribution in [-0.4, -0.2) is 42.7 Å². The van der Waals surface area contributed by atoms with Crippen LogP contribution >= 0.6 is 0 Å². The number of fused-ring (bicyclic) bond motifs is 9. The van der Waals surface area contributed by atoms with Crippen molar-refractivity contribution in [1.82, 2.24) is 0 Å². The van der Waals surface area contributed by atoms with Gasteiger partial charge >= 0.3 is 395 Å². The van der Waals surface area contributed by atoms with Crippen LogP contribution in [0.1, 0.15) is 17.7 Å². The fourth-order valence-electron chi connectivity index (χ4n) is 13.2. The van der Waals surface area contributed by atoms with Gasteiger partial charge in [-0.1, -0.05) is 60.7 Å². The second kappa shape index (κ2) is 21.6. The molecule has 0 saturated heterocycles. The second-order valence-corrected chi connectivity index (χ2v) is 27.8. The monoisotopic (exact) mass is 1390 g/mol. The molecule has 1 aliphatic carbocycles. The van der Waals surface area contributed by atoms with Gasteiger partial charge < -0.3 is 8.83 Å². The maximum absolute atomic E-state index is 6.42. The third kappa shape index (κ3) is 9.46. The van der Waals surface area contributed by atoms with E-state index in [2.05, 4.69) is 246 Å². The van der Waals surface area contributed by atoms with Crippen LogP contribution in [0, 0.1) is 0 Å². The molecule has 8 heteroatoms. The van der Waals surface area contributed by atoms with E-state index in [0.29, 0.717) is 0 Å². The molecule has 0 aliphatic heterocycles. The van der Waals surface area contributed by atoms with Crippen molar-refractivity contribution >= 4 is 159 Å². The minimum absolute atomic E-state index is 0.754. The van der Waals surface area contributed by atoms with Crippen molar-refractivity contribution in [3.05, 3.63) is 290 Å². The summed E-state index contributed by atoms with van der Waals surface area (Å²) in [4.78, 5) is 4.77. The third-order valence-corrected chi connectivity index (χ3v) is 22.0. The summed E-state index contributed by atoms with van der Waals surface area (Å²) in [6, 6.07) is 98.8. The van der Waals surface area contributed by atoms with Gasteiger partial charge in [0, 0.05) is 21.7 Å². The van der Waals surface area contributed by atoms with E-state index in [1.54, 1.807) is 22.3 Å². The third-order valence-electron chi connectivity index (χ3n) is 17.8. The molecule has 0 fully saturated rings. The molecule has 5 aromatic heterocycles. The number of hydrogen-bond donors (Lipinski definition) is 0. The Labute approximate surface area is 541 Å². The first kappa shape index (κ1) is 53.0. The Morgan fingerprint density at radius 2 is 0.744 bits per heavy atom. The van der Waals surface area contributed by atoms with Gasteiger partial charge in [0.05, 0.1) is 0 Å². The number of nitrogens with zero attached hydrogens (tertiary/aromatic N) is 2. The molecule has 6 nitrogen and oxygen atoms in total. The van der Waals surface area contributed by atoms with Gasteiger partial charge in [-0.05, 0) is 36.8 Å². The summed E-state index contributed by atoms with van der Waals surface area (Å²) in [6.45, 7) is 0. The van der Waals surface area contributed by atoms with Crippen LogP contribution in [0.2, 0.25) is 0 Å². The molecule has 12 aromatic carbocycles. The van der Waals surface area contributed by atoms with E-state index in [1.807, 2.05) is 48.5 Å². The zero-order chi connectivity index (χ0) is 59.4. The SMILES string of the molecule is [TeH]c1cc2c(cc1-c1ccc(N(c3ccc(-c4cc5ccccc5o4)cc3)c3ccc4cc(-c5cc6ccccc6o5)ccc4c3)cc1)[te]c1cc(N(c3ccc(-c4cc5c(o4)CCC=C5)cc3)c3ccc4cc(-c5cc6ccccc6o5)ccc4c3)ccc12. The maximum atomic E-state index is 6.42. The van der Waals surface area contributed by atoms with Crippen LogP contribution in [0.3, 0.4) is 0 Å². The van der Waals surface area contributed by atoms with Gasteiger partial charge in [-0.25, -0.2) is 0 Å². The number of hydrogen-bond acceptors (Lipinski definition) is 6. The summed E-state index contributed by atoms with van der Waals surface area (Å²) in [5.74, 6) is 4.56. The summed E-state index contributed by atoms with van der Waals surface area (Å²) in [6.07, 6.45) is 6.36. The first-order valence-electron chi connectivity index (χ1n) is 30.3. The van der Waals surface area contributed by atoms with Gasteiger partial charge in [-0.15, -0.1) is 0 Å². The standard InChI is InChI=1S/C82H52N2O4Te2/c89-80-48-71-69-38-37-68(84(65-33-25-52(26-34-65)77-44-58-10-2-6-14-73(58)86-77)67-36-28-54-40-62(20-18-56(54)42-67)79-46-60-12-4-8-16-75(60)88-79)47-81(69)90-82(71)49-70(80)50-21-29-63(30-22-50)83(64-31-23-51(24-32-64)76-43-57-9-1-5-13-72(57)85-76)66-35-27-53-39-61(19-17-55(53)41-66)78-45-59-11-3-7-15-74(59)87-78/h1-5,7-13,15-49,89H,6,14H2. The fourth-order valence-corrected chi connectivity index (χ4v) is 17.4. The Morgan fingerprint density at radius 3 is 1.28 bits per heavy atom. The van der Waals surface area contributed by atoms with Crippen LogP contribution in [0.4, 0.5) is 34.1 Å². The molecule has 0 spiro atoms. The summed E-state index contributed by atoms with van der Waals surface area (Å²) in [5, 5.41) is 10.6. The fraction of sp³-hybridized carbons (Fsp3) is 0.0244. The Bertz CT molecular complexity index is 5600. The van der Waals surface area contributed by atoms with Gasteiger partial charge in [-0.3, -0.25) is 0 Å². The van der Waals surface area contributed by atoms with Crippen LogP contribution in [0.25, 0.3) is 135 Å².